The number of carbonyl (C=O) groups excluding carboxylic acids is 1. The van der Waals surface area contributed by atoms with Crippen molar-refractivity contribution >= 4 is 5.78 Å². The lowest BCUT2D eigenvalue weighted by Gasteiger charge is -2.37. The van der Waals surface area contributed by atoms with E-state index >= 15 is 0 Å². The number of nitriles is 1. The van der Waals surface area contributed by atoms with Gasteiger partial charge in [0.1, 0.15) is 11.5 Å². The zero-order valence-corrected chi connectivity index (χ0v) is 13.5. The van der Waals surface area contributed by atoms with E-state index in [1.807, 2.05) is 31.2 Å². The molecule has 118 valence electrons. The topological polar surface area (TPSA) is 53.3 Å². The Labute approximate surface area is 132 Å². The smallest absolute Gasteiger partial charge is 0.146 e. The molecular weight excluding hydrogens is 276 g/mol. The highest BCUT2D eigenvalue weighted by atomic mass is 16.5. The Kier molecular flexibility index (Phi) is 5.57. The Hall–Kier alpha value is -1.86. The number of nitrogens with zero attached hydrogens (tertiary/aromatic N) is 2. The van der Waals surface area contributed by atoms with E-state index in [2.05, 4.69) is 11.0 Å². The van der Waals surface area contributed by atoms with Crippen LogP contribution in [0.25, 0.3) is 0 Å². The number of methoxy groups -OCH3 is 1. The van der Waals surface area contributed by atoms with Crippen molar-refractivity contribution in [2.75, 3.05) is 26.7 Å². The van der Waals surface area contributed by atoms with Crippen molar-refractivity contribution < 1.29 is 9.53 Å². The van der Waals surface area contributed by atoms with Gasteiger partial charge in [-0.15, -0.1) is 0 Å². The van der Waals surface area contributed by atoms with Crippen molar-refractivity contribution in [2.45, 2.75) is 38.0 Å². The van der Waals surface area contributed by atoms with Crippen LogP contribution in [0.5, 0.6) is 5.75 Å². The molecule has 0 unspecified atom stereocenters. The molecule has 0 N–H and O–H groups in total. The van der Waals surface area contributed by atoms with Gasteiger partial charge in [0.2, 0.25) is 0 Å². The molecule has 4 heteroatoms. The quantitative estimate of drug-likeness (QED) is 0.810. The van der Waals surface area contributed by atoms with E-state index in [9.17, 15) is 10.1 Å². The third-order valence-electron chi connectivity index (χ3n) is 4.50. The minimum absolute atomic E-state index is 0.302. The Morgan fingerprint density at radius 2 is 1.95 bits per heavy atom. The second kappa shape index (κ2) is 7.42. The van der Waals surface area contributed by atoms with Crippen molar-refractivity contribution in [2.24, 2.45) is 0 Å². The van der Waals surface area contributed by atoms with Crippen LogP contribution in [0, 0.1) is 11.3 Å². The summed E-state index contributed by atoms with van der Waals surface area (Å²) in [6, 6.07) is 10.3. The second-order valence-electron chi connectivity index (χ2n) is 5.99. The maximum Gasteiger partial charge on any atom is 0.146 e. The summed E-state index contributed by atoms with van der Waals surface area (Å²) in [5.41, 5.74) is 0.617. The number of rotatable bonds is 6. The molecule has 0 radical (unpaired) electrons. The van der Waals surface area contributed by atoms with Crippen LogP contribution in [0.4, 0.5) is 0 Å². The van der Waals surface area contributed by atoms with Crippen LogP contribution in [0.3, 0.4) is 0 Å². The molecule has 4 nitrogen and oxygen atoms in total. The molecule has 22 heavy (non-hydrogen) atoms. The maximum atomic E-state index is 11.8. The predicted octanol–water partition coefficient (Wildman–Crippen LogP) is 2.92. The molecule has 1 saturated heterocycles. The third kappa shape index (κ3) is 3.66. The first kappa shape index (κ1) is 16.5. The number of carbonyl (C=O) groups is 1. The lowest BCUT2D eigenvalue weighted by Crippen LogP contribution is -2.43. The lowest BCUT2D eigenvalue weighted by molar-refractivity contribution is -0.120. The van der Waals surface area contributed by atoms with Gasteiger partial charge in [-0.25, -0.2) is 0 Å². The van der Waals surface area contributed by atoms with E-state index in [0.29, 0.717) is 18.7 Å². The Balaban J connectivity index is 2.02. The maximum absolute atomic E-state index is 11.8. The van der Waals surface area contributed by atoms with Gasteiger partial charge in [0.25, 0.3) is 0 Å². The molecule has 1 aromatic carbocycles. The monoisotopic (exact) mass is 300 g/mol. The number of benzene rings is 1. The van der Waals surface area contributed by atoms with Gasteiger partial charge in [0.15, 0.2) is 0 Å². The molecule has 0 atom stereocenters. The predicted molar refractivity (Wildman–Crippen MR) is 85.9 cm³/mol. The van der Waals surface area contributed by atoms with Gasteiger partial charge in [-0.05, 0) is 37.0 Å². The molecule has 1 heterocycles. The van der Waals surface area contributed by atoms with E-state index in [-0.39, 0.29) is 0 Å². The molecule has 0 aromatic heterocycles. The molecule has 0 aliphatic carbocycles. The summed E-state index contributed by atoms with van der Waals surface area (Å²) in [5, 5.41) is 9.71. The van der Waals surface area contributed by atoms with Gasteiger partial charge in [0.05, 0.1) is 25.1 Å². The molecule has 2 rings (SSSR count). The normalized spacial score (nSPS) is 17.7. The van der Waals surface area contributed by atoms with Crippen LogP contribution in [-0.4, -0.2) is 37.4 Å². The summed E-state index contributed by atoms with van der Waals surface area (Å²) in [4.78, 5) is 13.9. The molecule has 1 fully saturated rings. The molecule has 1 aromatic rings. The van der Waals surface area contributed by atoms with Crippen molar-refractivity contribution in [3.63, 3.8) is 0 Å². The standard InChI is InChI=1S/C18H24N2O2/c1-3-4-16(21)13-20-11-9-18(14-19,10-12-20)15-5-7-17(22-2)8-6-15/h5-8H,3-4,9-13H2,1-2H3. The fourth-order valence-electron chi connectivity index (χ4n) is 3.08. The highest BCUT2D eigenvalue weighted by molar-refractivity contribution is 5.80. The molecule has 0 bridgehead atoms. The van der Waals surface area contributed by atoms with Crippen molar-refractivity contribution in [3.05, 3.63) is 29.8 Å². The lowest BCUT2D eigenvalue weighted by atomic mass is 9.74. The highest BCUT2D eigenvalue weighted by Crippen LogP contribution is 2.35. The first-order valence-electron chi connectivity index (χ1n) is 7.93. The summed E-state index contributed by atoms with van der Waals surface area (Å²) >= 11 is 0. The van der Waals surface area contributed by atoms with Gasteiger partial charge in [0, 0.05) is 19.5 Å². The van der Waals surface area contributed by atoms with Gasteiger partial charge in [-0.3, -0.25) is 9.69 Å². The van der Waals surface area contributed by atoms with Crippen LogP contribution in [0.15, 0.2) is 24.3 Å². The Morgan fingerprint density at radius 1 is 1.32 bits per heavy atom. The molecule has 0 saturated carbocycles. The Bertz CT molecular complexity index is 537. The summed E-state index contributed by atoms with van der Waals surface area (Å²) < 4.78 is 5.18. The van der Waals surface area contributed by atoms with Crippen LogP contribution in [0.2, 0.25) is 0 Å². The minimum atomic E-state index is -0.434. The number of Topliss-reactive ketones (excluding diaryl/α,β-unsaturated/α-hetero) is 1. The number of piperidine rings is 1. The fraction of sp³-hybridized carbons (Fsp3) is 0.556. The van der Waals surface area contributed by atoms with Crippen molar-refractivity contribution in [1.82, 2.24) is 4.90 Å². The first-order valence-corrected chi connectivity index (χ1v) is 7.93. The molecule has 1 aliphatic heterocycles. The second-order valence-corrected chi connectivity index (χ2v) is 5.99. The van der Waals surface area contributed by atoms with E-state index in [1.54, 1.807) is 7.11 Å². The van der Waals surface area contributed by atoms with Crippen LogP contribution in [-0.2, 0) is 10.2 Å². The van der Waals surface area contributed by atoms with Crippen molar-refractivity contribution in [3.8, 4) is 11.8 Å². The van der Waals surface area contributed by atoms with Gasteiger partial charge >= 0.3 is 0 Å². The number of hydrogen-bond donors (Lipinski definition) is 0. The first-order chi connectivity index (χ1) is 10.6. The molecule has 1 aliphatic rings. The number of ether oxygens (including phenoxy) is 1. The molecule has 0 amide bonds. The summed E-state index contributed by atoms with van der Waals surface area (Å²) in [5.74, 6) is 1.11. The third-order valence-corrected chi connectivity index (χ3v) is 4.50. The van der Waals surface area contributed by atoms with Gasteiger partial charge in [-0.2, -0.15) is 5.26 Å². The zero-order valence-electron chi connectivity index (χ0n) is 13.5. The van der Waals surface area contributed by atoms with E-state index in [1.165, 1.54) is 0 Å². The molecule has 0 spiro atoms. The number of likely N-dealkylation sites (tertiary alicyclic amines) is 1. The van der Waals surface area contributed by atoms with Gasteiger partial charge < -0.3 is 4.74 Å². The summed E-state index contributed by atoms with van der Waals surface area (Å²) in [7, 11) is 1.64. The molecular formula is C18H24N2O2. The van der Waals surface area contributed by atoms with Crippen LogP contribution in [0.1, 0.15) is 38.2 Å². The number of ketones is 1. The largest absolute Gasteiger partial charge is 0.497 e. The summed E-state index contributed by atoms with van der Waals surface area (Å²) in [6.07, 6.45) is 3.10. The minimum Gasteiger partial charge on any atom is -0.497 e. The SMILES string of the molecule is CCCC(=O)CN1CCC(C#N)(c2ccc(OC)cc2)CC1. The van der Waals surface area contributed by atoms with E-state index in [4.69, 9.17) is 4.74 Å². The van der Waals surface area contributed by atoms with Crippen LogP contribution < -0.4 is 4.74 Å². The average Bonchev–Trinajstić information content (AvgIpc) is 2.56. The fourth-order valence-corrected chi connectivity index (χ4v) is 3.08. The van der Waals surface area contributed by atoms with Gasteiger partial charge in [-0.1, -0.05) is 19.1 Å². The Morgan fingerprint density at radius 3 is 2.45 bits per heavy atom. The van der Waals surface area contributed by atoms with Crippen molar-refractivity contribution in [1.29, 1.82) is 5.26 Å². The average molecular weight is 300 g/mol. The summed E-state index contributed by atoms with van der Waals surface area (Å²) in [6.45, 7) is 4.15. The zero-order chi connectivity index (χ0) is 16.0. The van der Waals surface area contributed by atoms with E-state index < -0.39 is 5.41 Å². The van der Waals surface area contributed by atoms with Crippen LogP contribution >= 0.6 is 0 Å². The highest BCUT2D eigenvalue weighted by Gasteiger charge is 2.36. The number of hydrogen-bond acceptors (Lipinski definition) is 4. The van der Waals surface area contributed by atoms with E-state index in [0.717, 1.165) is 43.7 Å².